The number of hydrogen-bond acceptors (Lipinski definition) is 4. The minimum absolute atomic E-state index is 0. The van der Waals surface area contributed by atoms with Crippen LogP contribution in [0.25, 0.3) is 0 Å². The second kappa shape index (κ2) is 10.4. The molecule has 2 N–H and O–H groups in total. The van der Waals surface area contributed by atoms with Crippen LogP contribution in [0.4, 0.5) is 0 Å². The standard InChI is InChI=1S/C20H23ClN2O3.ClH/c21-17-11-16(12-18-20(17)26-10-9-25-18)13-19(24)23(8-4-7-22)14-15-5-2-1-3-6-15;/h1-3,5-6,11-12H,4,7-10,13-14,22H2;1H. The van der Waals surface area contributed by atoms with Gasteiger partial charge in [-0.1, -0.05) is 41.9 Å². The van der Waals surface area contributed by atoms with Crippen LogP contribution in [0.15, 0.2) is 42.5 Å². The van der Waals surface area contributed by atoms with E-state index in [0.29, 0.717) is 49.4 Å². The van der Waals surface area contributed by atoms with E-state index >= 15 is 0 Å². The number of benzene rings is 2. The highest BCUT2D eigenvalue weighted by Crippen LogP contribution is 2.38. The highest BCUT2D eigenvalue weighted by molar-refractivity contribution is 6.32. The highest BCUT2D eigenvalue weighted by atomic mass is 35.5. The Bertz CT molecular complexity index is 756. The molecular formula is C20H24Cl2N2O3. The summed E-state index contributed by atoms with van der Waals surface area (Å²) < 4.78 is 11.1. The zero-order chi connectivity index (χ0) is 18.4. The molecule has 2 aromatic carbocycles. The second-order valence-electron chi connectivity index (χ2n) is 6.22. The number of ether oxygens (including phenoxy) is 2. The number of hydrogen-bond donors (Lipinski definition) is 1. The van der Waals surface area contributed by atoms with E-state index < -0.39 is 0 Å². The lowest BCUT2D eigenvalue weighted by molar-refractivity contribution is -0.131. The number of amides is 1. The molecule has 2 aromatic rings. The molecule has 0 fully saturated rings. The van der Waals surface area contributed by atoms with Crippen LogP contribution in [-0.4, -0.2) is 37.1 Å². The SMILES string of the molecule is Cl.NCCCN(Cc1ccccc1)C(=O)Cc1cc(Cl)c2c(c1)OCCO2. The van der Waals surface area contributed by atoms with Crippen molar-refractivity contribution < 1.29 is 14.3 Å². The van der Waals surface area contributed by atoms with E-state index in [1.54, 1.807) is 6.07 Å². The molecule has 3 rings (SSSR count). The minimum Gasteiger partial charge on any atom is -0.486 e. The van der Waals surface area contributed by atoms with Crippen LogP contribution < -0.4 is 15.2 Å². The van der Waals surface area contributed by atoms with E-state index in [1.165, 1.54) is 0 Å². The van der Waals surface area contributed by atoms with E-state index in [-0.39, 0.29) is 24.7 Å². The molecule has 0 unspecified atom stereocenters. The minimum atomic E-state index is 0. The predicted octanol–water partition coefficient (Wildman–Crippen LogP) is 3.45. The zero-order valence-electron chi connectivity index (χ0n) is 15.0. The monoisotopic (exact) mass is 410 g/mol. The molecule has 0 spiro atoms. The fraction of sp³-hybridized carbons (Fsp3) is 0.350. The first-order valence-electron chi connectivity index (χ1n) is 8.77. The number of carbonyl (C=O) groups excluding carboxylic acids is 1. The summed E-state index contributed by atoms with van der Waals surface area (Å²) in [4.78, 5) is 14.7. The van der Waals surface area contributed by atoms with Crippen molar-refractivity contribution in [1.29, 1.82) is 0 Å². The van der Waals surface area contributed by atoms with Crippen molar-refractivity contribution in [1.82, 2.24) is 4.90 Å². The first-order chi connectivity index (χ1) is 12.7. The van der Waals surface area contributed by atoms with Gasteiger partial charge in [0.1, 0.15) is 13.2 Å². The number of nitrogens with two attached hydrogens (primary N) is 1. The van der Waals surface area contributed by atoms with Gasteiger partial charge in [0.05, 0.1) is 11.4 Å². The molecule has 0 aliphatic carbocycles. The molecule has 0 aromatic heterocycles. The van der Waals surface area contributed by atoms with Crippen LogP contribution >= 0.6 is 24.0 Å². The Morgan fingerprint density at radius 2 is 1.85 bits per heavy atom. The van der Waals surface area contributed by atoms with Gasteiger partial charge >= 0.3 is 0 Å². The van der Waals surface area contributed by atoms with Crippen LogP contribution in [0.3, 0.4) is 0 Å². The van der Waals surface area contributed by atoms with Gasteiger partial charge in [-0.3, -0.25) is 4.79 Å². The Morgan fingerprint density at radius 3 is 2.59 bits per heavy atom. The van der Waals surface area contributed by atoms with Crippen molar-refractivity contribution in [3.63, 3.8) is 0 Å². The maximum Gasteiger partial charge on any atom is 0.227 e. The van der Waals surface area contributed by atoms with Gasteiger partial charge in [-0.25, -0.2) is 0 Å². The molecule has 7 heteroatoms. The van der Waals surface area contributed by atoms with Crippen molar-refractivity contribution >= 4 is 29.9 Å². The summed E-state index contributed by atoms with van der Waals surface area (Å²) in [6.45, 7) is 2.71. The van der Waals surface area contributed by atoms with E-state index in [2.05, 4.69) is 0 Å². The van der Waals surface area contributed by atoms with Crippen molar-refractivity contribution in [3.8, 4) is 11.5 Å². The Balaban J connectivity index is 0.00000261. The summed E-state index contributed by atoms with van der Waals surface area (Å²) in [6.07, 6.45) is 1.02. The van der Waals surface area contributed by atoms with Gasteiger partial charge in [-0.15, -0.1) is 12.4 Å². The Kier molecular flexibility index (Phi) is 8.23. The van der Waals surface area contributed by atoms with Gasteiger partial charge in [-0.05, 0) is 36.2 Å². The van der Waals surface area contributed by atoms with Gasteiger partial charge in [0.2, 0.25) is 5.91 Å². The Hall–Kier alpha value is -1.95. The lowest BCUT2D eigenvalue weighted by atomic mass is 10.1. The molecule has 146 valence electrons. The fourth-order valence-electron chi connectivity index (χ4n) is 2.93. The lowest BCUT2D eigenvalue weighted by Gasteiger charge is -2.24. The number of halogens is 2. The summed E-state index contributed by atoms with van der Waals surface area (Å²) >= 11 is 6.28. The summed E-state index contributed by atoms with van der Waals surface area (Å²) in [7, 11) is 0. The van der Waals surface area contributed by atoms with Crippen LogP contribution in [-0.2, 0) is 17.8 Å². The summed E-state index contributed by atoms with van der Waals surface area (Å²) in [5.74, 6) is 1.19. The van der Waals surface area contributed by atoms with Crippen molar-refractivity contribution in [3.05, 3.63) is 58.6 Å². The van der Waals surface area contributed by atoms with Crippen molar-refractivity contribution in [2.75, 3.05) is 26.3 Å². The summed E-state index contributed by atoms with van der Waals surface area (Å²) in [5, 5.41) is 0.474. The van der Waals surface area contributed by atoms with Crippen LogP contribution in [0.5, 0.6) is 11.5 Å². The molecular weight excluding hydrogens is 387 g/mol. The molecule has 1 aliphatic heterocycles. The Morgan fingerprint density at radius 1 is 1.11 bits per heavy atom. The molecule has 1 aliphatic rings. The summed E-state index contributed by atoms with van der Waals surface area (Å²) in [6, 6.07) is 13.6. The van der Waals surface area contributed by atoms with Gasteiger partial charge in [-0.2, -0.15) is 0 Å². The molecule has 5 nitrogen and oxygen atoms in total. The first-order valence-corrected chi connectivity index (χ1v) is 9.15. The quantitative estimate of drug-likeness (QED) is 0.758. The molecule has 27 heavy (non-hydrogen) atoms. The lowest BCUT2D eigenvalue weighted by Crippen LogP contribution is -2.33. The largest absolute Gasteiger partial charge is 0.486 e. The first kappa shape index (κ1) is 21.4. The van der Waals surface area contributed by atoms with Crippen LogP contribution in [0.1, 0.15) is 17.5 Å². The number of carbonyl (C=O) groups is 1. The molecule has 0 atom stereocenters. The van der Waals surface area contributed by atoms with E-state index in [9.17, 15) is 4.79 Å². The molecule has 0 saturated heterocycles. The predicted molar refractivity (Wildman–Crippen MR) is 109 cm³/mol. The van der Waals surface area contributed by atoms with E-state index in [0.717, 1.165) is 17.5 Å². The van der Waals surface area contributed by atoms with Crippen LogP contribution in [0, 0.1) is 0 Å². The molecule has 0 radical (unpaired) electrons. The second-order valence-corrected chi connectivity index (χ2v) is 6.63. The highest BCUT2D eigenvalue weighted by Gasteiger charge is 2.20. The van der Waals surface area contributed by atoms with Gasteiger partial charge in [0.25, 0.3) is 0 Å². The smallest absolute Gasteiger partial charge is 0.227 e. The maximum atomic E-state index is 12.9. The average molecular weight is 411 g/mol. The molecule has 0 saturated carbocycles. The third-order valence-electron chi connectivity index (χ3n) is 4.21. The van der Waals surface area contributed by atoms with Crippen LogP contribution in [0.2, 0.25) is 5.02 Å². The molecule has 1 heterocycles. The number of fused-ring (bicyclic) bond motifs is 1. The van der Waals surface area contributed by atoms with Crippen molar-refractivity contribution in [2.45, 2.75) is 19.4 Å². The third-order valence-corrected chi connectivity index (χ3v) is 4.49. The summed E-state index contributed by atoms with van der Waals surface area (Å²) in [5.41, 5.74) is 7.54. The van der Waals surface area contributed by atoms with Gasteiger partial charge < -0.3 is 20.1 Å². The topological polar surface area (TPSA) is 64.8 Å². The van der Waals surface area contributed by atoms with E-state index in [4.69, 9.17) is 26.8 Å². The van der Waals surface area contributed by atoms with Crippen molar-refractivity contribution in [2.24, 2.45) is 5.73 Å². The average Bonchev–Trinajstić information content (AvgIpc) is 2.66. The fourth-order valence-corrected chi connectivity index (χ4v) is 3.22. The van der Waals surface area contributed by atoms with Gasteiger partial charge in [0.15, 0.2) is 11.5 Å². The van der Waals surface area contributed by atoms with Gasteiger partial charge in [0, 0.05) is 13.1 Å². The molecule has 0 bridgehead atoms. The Labute approximate surface area is 170 Å². The van der Waals surface area contributed by atoms with E-state index in [1.807, 2.05) is 41.3 Å². The maximum absolute atomic E-state index is 12.9. The molecule has 1 amide bonds. The third kappa shape index (κ3) is 5.76. The number of nitrogens with zero attached hydrogens (tertiary/aromatic N) is 1. The zero-order valence-corrected chi connectivity index (χ0v) is 16.6. The number of rotatable bonds is 7. The normalized spacial score (nSPS) is 12.2.